The van der Waals surface area contributed by atoms with Gasteiger partial charge in [0.25, 0.3) is 0 Å². The van der Waals surface area contributed by atoms with Crippen molar-refractivity contribution in [3.8, 4) is 0 Å². The molecule has 0 aliphatic carbocycles. The van der Waals surface area contributed by atoms with E-state index in [1.807, 2.05) is 6.20 Å². The molecule has 1 N–H and O–H groups in total. The summed E-state index contributed by atoms with van der Waals surface area (Å²) in [6, 6.07) is 4.36. The highest BCUT2D eigenvalue weighted by Crippen LogP contribution is 2.25. The van der Waals surface area contributed by atoms with E-state index in [-0.39, 0.29) is 0 Å². The Morgan fingerprint density at radius 2 is 1.89 bits per heavy atom. The van der Waals surface area contributed by atoms with E-state index in [0.29, 0.717) is 6.61 Å². The van der Waals surface area contributed by atoms with Crippen molar-refractivity contribution < 1.29 is 4.74 Å². The molecule has 0 saturated heterocycles. The number of methoxy groups -OCH3 is 1. The first kappa shape index (κ1) is 13.6. The summed E-state index contributed by atoms with van der Waals surface area (Å²) in [4.78, 5) is 4.37. The lowest BCUT2D eigenvalue weighted by Crippen LogP contribution is -2.08. The number of aromatic nitrogens is 2. The number of nitrogens with zero attached hydrogens (tertiary/aromatic N) is 2. The number of benzene rings is 1. The van der Waals surface area contributed by atoms with E-state index in [1.165, 1.54) is 16.7 Å². The average molecular weight is 259 g/mol. The predicted octanol–water partition coefficient (Wildman–Crippen LogP) is 3.20. The summed E-state index contributed by atoms with van der Waals surface area (Å²) in [7, 11) is 1.71. The van der Waals surface area contributed by atoms with Crippen LogP contribution >= 0.6 is 0 Å². The van der Waals surface area contributed by atoms with Crippen molar-refractivity contribution in [2.75, 3.05) is 19.0 Å². The molecule has 1 aromatic heterocycles. The summed E-state index contributed by atoms with van der Waals surface area (Å²) in [6.45, 7) is 7.82. The van der Waals surface area contributed by atoms with Crippen LogP contribution in [-0.4, -0.2) is 23.3 Å². The van der Waals surface area contributed by atoms with Gasteiger partial charge in [0.15, 0.2) is 0 Å². The third-order valence-electron chi connectivity index (χ3n) is 3.17. The number of imidazole rings is 1. The quantitative estimate of drug-likeness (QED) is 0.896. The Bertz CT molecular complexity index is 537. The fourth-order valence-corrected chi connectivity index (χ4v) is 2.29. The van der Waals surface area contributed by atoms with Gasteiger partial charge in [0.1, 0.15) is 0 Å². The first-order chi connectivity index (χ1) is 9.11. The molecule has 0 amide bonds. The molecule has 0 fully saturated rings. The van der Waals surface area contributed by atoms with E-state index in [9.17, 15) is 0 Å². The smallest absolute Gasteiger partial charge is 0.207 e. The predicted molar refractivity (Wildman–Crippen MR) is 78.0 cm³/mol. The summed E-state index contributed by atoms with van der Waals surface area (Å²) in [5, 5.41) is 3.42. The van der Waals surface area contributed by atoms with Crippen LogP contribution in [0.25, 0.3) is 0 Å². The van der Waals surface area contributed by atoms with E-state index < -0.39 is 0 Å². The summed E-state index contributed by atoms with van der Waals surface area (Å²) in [5.74, 6) is 0.854. The zero-order valence-corrected chi connectivity index (χ0v) is 12.0. The van der Waals surface area contributed by atoms with Gasteiger partial charge in [-0.15, -0.1) is 0 Å². The molecule has 19 heavy (non-hydrogen) atoms. The Kier molecular flexibility index (Phi) is 4.22. The SMILES string of the molecule is COCCn1ccnc1Nc1c(C)cc(C)cc1C. The molecule has 2 rings (SSSR count). The van der Waals surface area contributed by atoms with Crippen LogP contribution in [0.5, 0.6) is 0 Å². The maximum atomic E-state index is 5.11. The van der Waals surface area contributed by atoms with Crippen molar-refractivity contribution >= 4 is 11.6 Å². The number of nitrogens with one attached hydrogen (secondary N) is 1. The van der Waals surface area contributed by atoms with E-state index in [4.69, 9.17) is 4.74 Å². The standard InChI is InChI=1S/C15H21N3O/c1-11-9-12(2)14(13(3)10-11)17-15-16-5-6-18(15)7-8-19-4/h5-6,9-10H,7-8H2,1-4H3,(H,16,17). The molecule has 0 unspecified atom stereocenters. The van der Waals surface area contributed by atoms with Gasteiger partial charge in [0.05, 0.1) is 6.61 Å². The number of hydrogen-bond donors (Lipinski definition) is 1. The highest BCUT2D eigenvalue weighted by atomic mass is 16.5. The second-order valence-electron chi connectivity index (χ2n) is 4.84. The Labute approximate surface area is 114 Å². The summed E-state index contributed by atoms with van der Waals surface area (Å²) < 4.78 is 7.16. The van der Waals surface area contributed by atoms with Crippen LogP contribution in [0.4, 0.5) is 11.6 Å². The van der Waals surface area contributed by atoms with E-state index in [2.05, 4.69) is 47.8 Å². The average Bonchev–Trinajstić information content (AvgIpc) is 2.78. The lowest BCUT2D eigenvalue weighted by atomic mass is 10.1. The van der Waals surface area contributed by atoms with E-state index in [0.717, 1.165) is 18.2 Å². The van der Waals surface area contributed by atoms with Crippen LogP contribution < -0.4 is 5.32 Å². The lowest BCUT2D eigenvalue weighted by Gasteiger charge is -2.14. The normalized spacial score (nSPS) is 10.7. The number of ether oxygens (including phenoxy) is 1. The maximum absolute atomic E-state index is 5.11. The monoisotopic (exact) mass is 259 g/mol. The topological polar surface area (TPSA) is 39.1 Å². The first-order valence-corrected chi connectivity index (χ1v) is 6.46. The molecule has 102 valence electrons. The molecule has 1 aromatic carbocycles. The van der Waals surface area contributed by atoms with Gasteiger partial charge >= 0.3 is 0 Å². The fraction of sp³-hybridized carbons (Fsp3) is 0.400. The van der Waals surface area contributed by atoms with Crippen LogP contribution in [-0.2, 0) is 11.3 Å². The minimum Gasteiger partial charge on any atom is -0.383 e. The van der Waals surface area contributed by atoms with Gasteiger partial charge in [-0.3, -0.25) is 0 Å². The molecule has 1 heterocycles. The number of hydrogen-bond acceptors (Lipinski definition) is 3. The van der Waals surface area contributed by atoms with Gasteiger partial charge in [-0.2, -0.15) is 0 Å². The van der Waals surface area contributed by atoms with Gasteiger partial charge in [-0.05, 0) is 31.9 Å². The van der Waals surface area contributed by atoms with Gasteiger partial charge < -0.3 is 14.6 Å². The maximum Gasteiger partial charge on any atom is 0.207 e. The Morgan fingerprint density at radius 3 is 2.53 bits per heavy atom. The molecular weight excluding hydrogens is 238 g/mol. The second kappa shape index (κ2) is 5.89. The van der Waals surface area contributed by atoms with Crippen LogP contribution in [0.3, 0.4) is 0 Å². The van der Waals surface area contributed by atoms with Crippen molar-refractivity contribution in [2.24, 2.45) is 0 Å². The fourth-order valence-electron chi connectivity index (χ4n) is 2.29. The molecule has 0 aliphatic heterocycles. The third kappa shape index (κ3) is 3.15. The van der Waals surface area contributed by atoms with Crippen LogP contribution in [0.1, 0.15) is 16.7 Å². The Morgan fingerprint density at radius 1 is 1.21 bits per heavy atom. The molecule has 0 bridgehead atoms. The number of rotatable bonds is 5. The van der Waals surface area contributed by atoms with Crippen LogP contribution in [0, 0.1) is 20.8 Å². The largest absolute Gasteiger partial charge is 0.383 e. The van der Waals surface area contributed by atoms with E-state index >= 15 is 0 Å². The number of anilines is 2. The van der Waals surface area contributed by atoms with Crippen molar-refractivity contribution in [1.29, 1.82) is 0 Å². The minimum absolute atomic E-state index is 0.677. The van der Waals surface area contributed by atoms with Crippen molar-refractivity contribution in [3.05, 3.63) is 41.2 Å². The molecule has 2 aromatic rings. The second-order valence-corrected chi connectivity index (χ2v) is 4.84. The Hall–Kier alpha value is -1.81. The zero-order valence-electron chi connectivity index (χ0n) is 12.0. The Balaban J connectivity index is 2.24. The molecule has 0 atom stereocenters. The molecule has 0 aliphatic rings. The van der Waals surface area contributed by atoms with Crippen molar-refractivity contribution in [2.45, 2.75) is 27.3 Å². The minimum atomic E-state index is 0.677. The summed E-state index contributed by atoms with van der Waals surface area (Å²) >= 11 is 0. The molecule has 4 nitrogen and oxygen atoms in total. The van der Waals surface area contributed by atoms with Crippen LogP contribution in [0.2, 0.25) is 0 Å². The molecule has 4 heteroatoms. The van der Waals surface area contributed by atoms with Crippen LogP contribution in [0.15, 0.2) is 24.5 Å². The van der Waals surface area contributed by atoms with Crippen molar-refractivity contribution in [1.82, 2.24) is 9.55 Å². The van der Waals surface area contributed by atoms with Gasteiger partial charge in [-0.1, -0.05) is 17.7 Å². The first-order valence-electron chi connectivity index (χ1n) is 6.46. The van der Waals surface area contributed by atoms with E-state index in [1.54, 1.807) is 13.3 Å². The zero-order chi connectivity index (χ0) is 13.8. The summed E-state index contributed by atoms with van der Waals surface area (Å²) in [5.41, 5.74) is 4.89. The third-order valence-corrected chi connectivity index (χ3v) is 3.17. The highest BCUT2D eigenvalue weighted by Gasteiger charge is 2.08. The van der Waals surface area contributed by atoms with Gasteiger partial charge in [-0.25, -0.2) is 4.98 Å². The highest BCUT2D eigenvalue weighted by molar-refractivity contribution is 5.63. The molecule has 0 spiro atoms. The van der Waals surface area contributed by atoms with Crippen molar-refractivity contribution in [3.63, 3.8) is 0 Å². The number of aryl methyl sites for hydroxylation is 3. The summed E-state index contributed by atoms with van der Waals surface area (Å²) in [6.07, 6.45) is 3.76. The molecular formula is C15H21N3O. The van der Waals surface area contributed by atoms with Gasteiger partial charge in [0, 0.05) is 31.7 Å². The molecule has 0 radical (unpaired) electrons. The van der Waals surface area contributed by atoms with Gasteiger partial charge in [0.2, 0.25) is 5.95 Å². The lowest BCUT2D eigenvalue weighted by molar-refractivity contribution is 0.188. The molecule has 0 saturated carbocycles.